The highest BCUT2D eigenvalue weighted by atomic mass is 16.5. The summed E-state index contributed by atoms with van der Waals surface area (Å²) >= 11 is 0. The van der Waals surface area contributed by atoms with Gasteiger partial charge >= 0.3 is 6.03 Å². The first kappa shape index (κ1) is 17.3. The van der Waals surface area contributed by atoms with Crippen molar-refractivity contribution in [3.63, 3.8) is 0 Å². The van der Waals surface area contributed by atoms with E-state index in [4.69, 9.17) is 9.47 Å². The fourth-order valence-corrected chi connectivity index (χ4v) is 2.81. The largest absolute Gasteiger partial charge is 0.497 e. The second-order valence-electron chi connectivity index (χ2n) is 6.19. The summed E-state index contributed by atoms with van der Waals surface area (Å²) in [5.74, 6) is 0.780. The summed E-state index contributed by atoms with van der Waals surface area (Å²) in [6.07, 6.45) is 5.44. The van der Waals surface area contributed by atoms with Crippen molar-refractivity contribution in [1.82, 2.24) is 20.0 Å². The molecule has 1 aromatic heterocycles. The van der Waals surface area contributed by atoms with Crippen molar-refractivity contribution in [3.05, 3.63) is 42.2 Å². The third kappa shape index (κ3) is 4.51. The number of amides is 2. The average molecular weight is 344 g/mol. The van der Waals surface area contributed by atoms with Gasteiger partial charge in [0.2, 0.25) is 0 Å². The molecule has 0 spiro atoms. The van der Waals surface area contributed by atoms with E-state index in [1.807, 2.05) is 30.5 Å². The lowest BCUT2D eigenvalue weighted by Gasteiger charge is -2.26. The molecule has 0 aliphatic carbocycles. The molecule has 2 aromatic rings. The van der Waals surface area contributed by atoms with Crippen LogP contribution in [0, 0.1) is 0 Å². The van der Waals surface area contributed by atoms with Crippen LogP contribution in [0.5, 0.6) is 5.75 Å². The fraction of sp³-hybridized carbons (Fsp3) is 0.444. The molecule has 0 unspecified atom stereocenters. The van der Waals surface area contributed by atoms with E-state index in [2.05, 4.69) is 10.4 Å². The quantitative estimate of drug-likeness (QED) is 0.903. The normalized spacial score (nSPS) is 15.0. The predicted octanol–water partition coefficient (Wildman–Crippen LogP) is 2.20. The minimum Gasteiger partial charge on any atom is -0.497 e. The van der Waals surface area contributed by atoms with E-state index in [0.717, 1.165) is 29.8 Å². The van der Waals surface area contributed by atoms with Gasteiger partial charge in [-0.1, -0.05) is 6.07 Å². The first-order chi connectivity index (χ1) is 12.2. The molecule has 1 aliphatic heterocycles. The number of carbonyl (C=O) groups excluding carboxylic acids is 1. The molecule has 1 fully saturated rings. The van der Waals surface area contributed by atoms with Gasteiger partial charge in [-0.2, -0.15) is 5.10 Å². The molecule has 25 heavy (non-hydrogen) atoms. The molecular weight excluding hydrogens is 320 g/mol. The average Bonchev–Trinajstić information content (AvgIpc) is 3.11. The molecule has 1 N–H and O–H groups in total. The van der Waals surface area contributed by atoms with Crippen LogP contribution in [0.1, 0.15) is 18.4 Å². The number of hydrogen-bond donors (Lipinski definition) is 1. The Kier molecular flexibility index (Phi) is 5.55. The van der Waals surface area contributed by atoms with Gasteiger partial charge in [0.15, 0.2) is 0 Å². The number of benzene rings is 1. The molecule has 0 radical (unpaired) electrons. The predicted molar refractivity (Wildman–Crippen MR) is 94.0 cm³/mol. The molecule has 7 heteroatoms. The van der Waals surface area contributed by atoms with E-state index in [-0.39, 0.29) is 12.1 Å². The Bertz CT molecular complexity index is 710. The summed E-state index contributed by atoms with van der Waals surface area (Å²) in [6, 6.07) is 7.81. The minimum absolute atomic E-state index is 0.0685. The Hall–Kier alpha value is -2.54. The summed E-state index contributed by atoms with van der Waals surface area (Å²) < 4.78 is 12.3. The minimum atomic E-state index is -0.0685. The highest BCUT2D eigenvalue weighted by Gasteiger charge is 2.18. The first-order valence-corrected chi connectivity index (χ1v) is 8.43. The number of methoxy groups -OCH3 is 1. The van der Waals surface area contributed by atoms with Gasteiger partial charge in [-0.25, -0.2) is 9.48 Å². The van der Waals surface area contributed by atoms with Crippen LogP contribution in [0.2, 0.25) is 0 Å². The summed E-state index contributed by atoms with van der Waals surface area (Å²) in [6.45, 7) is 1.92. The van der Waals surface area contributed by atoms with Crippen LogP contribution in [0.3, 0.4) is 0 Å². The van der Waals surface area contributed by atoms with Crippen molar-refractivity contribution < 1.29 is 14.3 Å². The number of nitrogens with zero attached hydrogens (tertiary/aromatic N) is 3. The van der Waals surface area contributed by atoms with Crippen LogP contribution in [0.25, 0.3) is 5.69 Å². The third-order valence-electron chi connectivity index (χ3n) is 4.27. The number of carbonyl (C=O) groups is 1. The SMILES string of the molecule is COc1cccc(-n2cc(CN(C)C(=O)NC3CCOCC3)cn2)c1. The molecule has 1 aliphatic rings. The summed E-state index contributed by atoms with van der Waals surface area (Å²) in [7, 11) is 3.43. The molecule has 134 valence electrons. The van der Waals surface area contributed by atoms with Gasteiger partial charge in [0.05, 0.1) is 25.5 Å². The molecule has 1 saturated heterocycles. The summed E-state index contributed by atoms with van der Waals surface area (Å²) in [4.78, 5) is 14.0. The second kappa shape index (κ2) is 8.02. The van der Waals surface area contributed by atoms with Crippen molar-refractivity contribution in [2.45, 2.75) is 25.4 Å². The van der Waals surface area contributed by atoms with Crippen LogP contribution in [0.4, 0.5) is 4.79 Å². The monoisotopic (exact) mass is 344 g/mol. The standard InChI is InChI=1S/C18H24N4O3/c1-21(18(23)20-15-6-8-25-9-7-15)12-14-11-19-22(13-14)16-4-3-5-17(10-16)24-2/h3-5,10-11,13,15H,6-9,12H2,1-2H3,(H,20,23). The van der Waals surface area contributed by atoms with E-state index < -0.39 is 0 Å². The van der Waals surface area contributed by atoms with E-state index in [1.54, 1.807) is 29.9 Å². The maximum Gasteiger partial charge on any atom is 0.317 e. The number of hydrogen-bond acceptors (Lipinski definition) is 4. The van der Waals surface area contributed by atoms with Gasteiger partial charge in [-0.05, 0) is 25.0 Å². The van der Waals surface area contributed by atoms with Crippen molar-refractivity contribution >= 4 is 6.03 Å². The highest BCUT2D eigenvalue weighted by molar-refractivity contribution is 5.74. The van der Waals surface area contributed by atoms with Crippen molar-refractivity contribution in [3.8, 4) is 11.4 Å². The number of urea groups is 1. The van der Waals surface area contributed by atoms with E-state index >= 15 is 0 Å². The number of ether oxygens (including phenoxy) is 2. The fourth-order valence-electron chi connectivity index (χ4n) is 2.81. The van der Waals surface area contributed by atoms with Crippen molar-refractivity contribution in [2.24, 2.45) is 0 Å². The highest BCUT2D eigenvalue weighted by Crippen LogP contribution is 2.16. The van der Waals surface area contributed by atoms with Crippen molar-refractivity contribution in [2.75, 3.05) is 27.4 Å². The lowest BCUT2D eigenvalue weighted by molar-refractivity contribution is 0.0784. The molecule has 3 rings (SSSR count). The zero-order valence-electron chi connectivity index (χ0n) is 14.6. The van der Waals surface area contributed by atoms with Crippen LogP contribution in [0.15, 0.2) is 36.7 Å². The Morgan fingerprint density at radius 2 is 2.24 bits per heavy atom. The van der Waals surface area contributed by atoms with Gasteiger partial charge in [-0.3, -0.25) is 0 Å². The molecule has 0 saturated carbocycles. The number of rotatable bonds is 5. The maximum atomic E-state index is 12.3. The molecule has 7 nitrogen and oxygen atoms in total. The molecular formula is C18H24N4O3. The summed E-state index contributed by atoms with van der Waals surface area (Å²) in [5, 5.41) is 7.43. The molecule has 0 atom stereocenters. The maximum absolute atomic E-state index is 12.3. The zero-order chi connectivity index (χ0) is 17.6. The van der Waals surface area contributed by atoms with Gasteiger partial charge in [0.1, 0.15) is 5.75 Å². The van der Waals surface area contributed by atoms with Crippen LogP contribution >= 0.6 is 0 Å². The summed E-state index contributed by atoms with van der Waals surface area (Å²) in [5.41, 5.74) is 1.88. The van der Waals surface area contributed by atoms with Gasteiger partial charge in [-0.15, -0.1) is 0 Å². The third-order valence-corrected chi connectivity index (χ3v) is 4.27. The Balaban J connectivity index is 1.59. The topological polar surface area (TPSA) is 68.6 Å². The number of aromatic nitrogens is 2. The van der Waals surface area contributed by atoms with E-state index in [1.165, 1.54) is 0 Å². The molecule has 1 aromatic carbocycles. The zero-order valence-corrected chi connectivity index (χ0v) is 14.6. The van der Waals surface area contributed by atoms with E-state index in [9.17, 15) is 4.79 Å². The molecule has 2 heterocycles. The number of nitrogens with one attached hydrogen (secondary N) is 1. The smallest absolute Gasteiger partial charge is 0.317 e. The Labute approximate surface area is 147 Å². The van der Waals surface area contributed by atoms with Crippen molar-refractivity contribution in [1.29, 1.82) is 0 Å². The van der Waals surface area contributed by atoms with Crippen LogP contribution in [-0.2, 0) is 11.3 Å². The Morgan fingerprint density at radius 3 is 3.00 bits per heavy atom. The lowest BCUT2D eigenvalue weighted by atomic mass is 10.1. The Morgan fingerprint density at radius 1 is 1.44 bits per heavy atom. The lowest BCUT2D eigenvalue weighted by Crippen LogP contribution is -2.44. The van der Waals surface area contributed by atoms with E-state index in [0.29, 0.717) is 19.8 Å². The van der Waals surface area contributed by atoms with Gasteiger partial charge in [0.25, 0.3) is 0 Å². The van der Waals surface area contributed by atoms with Crippen LogP contribution < -0.4 is 10.1 Å². The first-order valence-electron chi connectivity index (χ1n) is 8.43. The van der Waals surface area contributed by atoms with Gasteiger partial charge in [0, 0.05) is 44.1 Å². The van der Waals surface area contributed by atoms with Crippen LogP contribution in [-0.4, -0.2) is 54.1 Å². The second-order valence-corrected chi connectivity index (χ2v) is 6.19. The van der Waals surface area contributed by atoms with Gasteiger partial charge < -0.3 is 19.7 Å². The molecule has 2 amide bonds. The molecule has 0 bridgehead atoms.